The summed E-state index contributed by atoms with van der Waals surface area (Å²) in [6.45, 7) is 7.22. The minimum atomic E-state index is -0.0816. The average Bonchev–Trinajstić information content (AvgIpc) is 3.03. The van der Waals surface area contributed by atoms with Crippen molar-refractivity contribution in [3.8, 4) is 17.2 Å². The number of benzene rings is 1. The van der Waals surface area contributed by atoms with Crippen LogP contribution in [0.1, 0.15) is 56.8 Å². The maximum Gasteiger partial charge on any atom is 0.251 e. The van der Waals surface area contributed by atoms with E-state index in [4.69, 9.17) is 14.2 Å². The van der Waals surface area contributed by atoms with Gasteiger partial charge < -0.3 is 19.5 Å². The predicted molar refractivity (Wildman–Crippen MR) is 89.7 cm³/mol. The molecule has 0 radical (unpaired) electrons. The fourth-order valence-electron chi connectivity index (χ4n) is 2.86. The quantitative estimate of drug-likeness (QED) is 0.795. The van der Waals surface area contributed by atoms with E-state index in [1.54, 1.807) is 12.1 Å². The summed E-state index contributed by atoms with van der Waals surface area (Å²) < 4.78 is 17.0. The van der Waals surface area contributed by atoms with Gasteiger partial charge in [0.2, 0.25) is 5.75 Å². The Morgan fingerprint density at radius 3 is 2.00 bits per heavy atom. The van der Waals surface area contributed by atoms with Crippen molar-refractivity contribution in [3.05, 3.63) is 17.7 Å². The largest absolute Gasteiger partial charge is 0.490 e. The molecule has 5 heteroatoms. The van der Waals surface area contributed by atoms with Gasteiger partial charge in [0, 0.05) is 11.6 Å². The van der Waals surface area contributed by atoms with E-state index in [2.05, 4.69) is 5.32 Å². The van der Waals surface area contributed by atoms with Gasteiger partial charge in [0.1, 0.15) is 0 Å². The highest BCUT2D eigenvalue weighted by Crippen LogP contribution is 2.39. The van der Waals surface area contributed by atoms with Crippen LogP contribution in [0.5, 0.6) is 17.2 Å². The molecular weight excluding hydrogens is 294 g/mol. The molecule has 23 heavy (non-hydrogen) atoms. The molecule has 1 amide bonds. The number of carbonyl (C=O) groups excluding carboxylic acids is 1. The summed E-state index contributed by atoms with van der Waals surface area (Å²) in [4.78, 5) is 12.5. The molecule has 1 N–H and O–H groups in total. The predicted octanol–water partition coefficient (Wildman–Crippen LogP) is 3.56. The van der Waals surface area contributed by atoms with Crippen LogP contribution in [0.2, 0.25) is 0 Å². The number of hydrogen-bond donors (Lipinski definition) is 1. The molecule has 0 heterocycles. The molecule has 1 fully saturated rings. The zero-order valence-electron chi connectivity index (χ0n) is 14.3. The zero-order valence-corrected chi connectivity index (χ0v) is 14.3. The molecule has 1 aliphatic carbocycles. The van der Waals surface area contributed by atoms with Crippen LogP contribution < -0.4 is 19.5 Å². The third-order valence-corrected chi connectivity index (χ3v) is 3.86. The van der Waals surface area contributed by atoms with Crippen LogP contribution in [0.25, 0.3) is 0 Å². The smallest absolute Gasteiger partial charge is 0.251 e. The van der Waals surface area contributed by atoms with Crippen LogP contribution >= 0.6 is 0 Å². The highest BCUT2D eigenvalue weighted by molar-refractivity contribution is 5.95. The first kappa shape index (κ1) is 17.4. The Hall–Kier alpha value is -1.91. The van der Waals surface area contributed by atoms with Crippen molar-refractivity contribution in [1.82, 2.24) is 5.32 Å². The highest BCUT2D eigenvalue weighted by Gasteiger charge is 2.21. The average molecular weight is 321 g/mol. The molecular formula is C18H27NO4. The van der Waals surface area contributed by atoms with Crippen molar-refractivity contribution in [2.24, 2.45) is 0 Å². The lowest BCUT2D eigenvalue weighted by Crippen LogP contribution is -2.32. The summed E-state index contributed by atoms with van der Waals surface area (Å²) in [5, 5.41) is 3.09. The maximum absolute atomic E-state index is 12.5. The Labute approximate surface area is 138 Å². The normalized spacial score (nSPS) is 14.6. The lowest BCUT2D eigenvalue weighted by molar-refractivity contribution is 0.0936. The van der Waals surface area contributed by atoms with E-state index in [0.29, 0.717) is 42.6 Å². The van der Waals surface area contributed by atoms with Gasteiger partial charge in [-0.05, 0) is 45.7 Å². The molecule has 0 bridgehead atoms. The number of amides is 1. The highest BCUT2D eigenvalue weighted by atomic mass is 16.5. The topological polar surface area (TPSA) is 56.8 Å². The van der Waals surface area contributed by atoms with E-state index >= 15 is 0 Å². The Morgan fingerprint density at radius 2 is 1.52 bits per heavy atom. The molecule has 5 nitrogen and oxygen atoms in total. The van der Waals surface area contributed by atoms with Crippen molar-refractivity contribution in [3.63, 3.8) is 0 Å². The summed E-state index contributed by atoms with van der Waals surface area (Å²) in [5.41, 5.74) is 0.548. The molecule has 1 aromatic rings. The standard InChI is InChI=1S/C18H27NO4/c1-4-21-15-11-13(18(20)19-14-9-7-8-10-14)12-16(22-5-2)17(15)23-6-3/h11-12,14H,4-10H2,1-3H3,(H,19,20). The van der Waals surface area contributed by atoms with Gasteiger partial charge in [-0.25, -0.2) is 0 Å². The Kier molecular flexibility index (Phi) is 6.56. The first-order valence-electron chi connectivity index (χ1n) is 8.56. The summed E-state index contributed by atoms with van der Waals surface area (Å²) in [7, 11) is 0. The minimum absolute atomic E-state index is 0.0816. The third-order valence-electron chi connectivity index (χ3n) is 3.86. The summed E-state index contributed by atoms with van der Waals surface area (Å²) in [6, 6.07) is 3.75. The van der Waals surface area contributed by atoms with E-state index in [1.165, 1.54) is 12.8 Å². The van der Waals surface area contributed by atoms with E-state index in [0.717, 1.165) is 12.8 Å². The van der Waals surface area contributed by atoms with Gasteiger partial charge in [-0.2, -0.15) is 0 Å². The number of ether oxygens (including phenoxy) is 3. The Balaban J connectivity index is 2.28. The van der Waals surface area contributed by atoms with Crippen LogP contribution in [0.4, 0.5) is 0 Å². The van der Waals surface area contributed by atoms with Crippen LogP contribution in [0.15, 0.2) is 12.1 Å². The molecule has 2 rings (SSSR count). The van der Waals surface area contributed by atoms with Gasteiger partial charge in [0.05, 0.1) is 19.8 Å². The SMILES string of the molecule is CCOc1cc(C(=O)NC2CCCC2)cc(OCC)c1OCC. The maximum atomic E-state index is 12.5. The van der Waals surface area contributed by atoms with Crippen molar-refractivity contribution < 1.29 is 19.0 Å². The van der Waals surface area contributed by atoms with Crippen LogP contribution in [0, 0.1) is 0 Å². The van der Waals surface area contributed by atoms with Crippen LogP contribution in [0.3, 0.4) is 0 Å². The van der Waals surface area contributed by atoms with Crippen molar-refractivity contribution in [2.45, 2.75) is 52.5 Å². The number of hydrogen-bond acceptors (Lipinski definition) is 4. The summed E-state index contributed by atoms with van der Waals surface area (Å²) in [6.07, 6.45) is 4.48. The molecule has 128 valence electrons. The first-order valence-corrected chi connectivity index (χ1v) is 8.56. The van der Waals surface area contributed by atoms with Gasteiger partial charge in [-0.15, -0.1) is 0 Å². The first-order chi connectivity index (χ1) is 11.2. The van der Waals surface area contributed by atoms with E-state index in [1.807, 2.05) is 20.8 Å². The molecule has 0 atom stereocenters. The van der Waals surface area contributed by atoms with E-state index in [-0.39, 0.29) is 11.9 Å². The van der Waals surface area contributed by atoms with Gasteiger partial charge in [-0.1, -0.05) is 12.8 Å². The monoisotopic (exact) mass is 321 g/mol. The molecule has 1 saturated carbocycles. The molecule has 0 saturated heterocycles. The minimum Gasteiger partial charge on any atom is -0.490 e. The van der Waals surface area contributed by atoms with E-state index < -0.39 is 0 Å². The molecule has 0 aromatic heterocycles. The van der Waals surface area contributed by atoms with E-state index in [9.17, 15) is 4.79 Å². The lowest BCUT2D eigenvalue weighted by atomic mass is 10.1. The number of carbonyl (C=O) groups is 1. The van der Waals surface area contributed by atoms with Gasteiger partial charge in [0.25, 0.3) is 5.91 Å². The van der Waals surface area contributed by atoms with Crippen LogP contribution in [-0.2, 0) is 0 Å². The number of rotatable bonds is 8. The second-order valence-corrected chi connectivity index (χ2v) is 5.56. The van der Waals surface area contributed by atoms with Crippen molar-refractivity contribution >= 4 is 5.91 Å². The second-order valence-electron chi connectivity index (χ2n) is 5.56. The Morgan fingerprint density at radius 1 is 1.00 bits per heavy atom. The number of nitrogens with one attached hydrogen (secondary N) is 1. The molecule has 0 spiro atoms. The fourth-order valence-corrected chi connectivity index (χ4v) is 2.86. The van der Waals surface area contributed by atoms with Crippen LogP contribution in [-0.4, -0.2) is 31.8 Å². The fraction of sp³-hybridized carbons (Fsp3) is 0.611. The molecule has 1 aliphatic rings. The molecule has 0 unspecified atom stereocenters. The molecule has 0 aliphatic heterocycles. The van der Waals surface area contributed by atoms with Crippen molar-refractivity contribution in [2.75, 3.05) is 19.8 Å². The summed E-state index contributed by atoms with van der Waals surface area (Å²) >= 11 is 0. The Bertz CT molecular complexity index is 497. The van der Waals surface area contributed by atoms with Crippen molar-refractivity contribution in [1.29, 1.82) is 0 Å². The zero-order chi connectivity index (χ0) is 16.7. The third kappa shape index (κ3) is 4.53. The summed E-state index contributed by atoms with van der Waals surface area (Å²) in [5.74, 6) is 1.59. The second kappa shape index (κ2) is 8.65. The lowest BCUT2D eigenvalue weighted by Gasteiger charge is -2.18. The van der Waals surface area contributed by atoms with Gasteiger partial charge in [0.15, 0.2) is 11.5 Å². The van der Waals surface area contributed by atoms with Gasteiger partial charge >= 0.3 is 0 Å². The van der Waals surface area contributed by atoms with Gasteiger partial charge in [-0.3, -0.25) is 4.79 Å². The molecule has 1 aromatic carbocycles.